The Kier molecular flexibility index (Phi) is 5.73. The maximum absolute atomic E-state index is 13.3. The van der Waals surface area contributed by atoms with Gasteiger partial charge in [-0.1, -0.05) is 24.3 Å². The summed E-state index contributed by atoms with van der Waals surface area (Å²) in [4.78, 5) is 38.5. The summed E-state index contributed by atoms with van der Waals surface area (Å²) >= 11 is 0.784. The summed E-state index contributed by atoms with van der Waals surface area (Å²) in [7, 11) is 0. The minimum absolute atomic E-state index is 0.233. The molecule has 1 fully saturated rings. The van der Waals surface area contributed by atoms with Crippen LogP contribution in [0, 0.1) is 12.7 Å². The fraction of sp³-hybridized carbons (Fsp3) is 0.0870. The van der Waals surface area contributed by atoms with Crippen molar-refractivity contribution in [1.29, 1.82) is 0 Å². The summed E-state index contributed by atoms with van der Waals surface area (Å²) in [6.45, 7) is 1.54. The van der Waals surface area contributed by atoms with Crippen LogP contribution < -0.4 is 5.32 Å². The molecule has 1 N–H and O–H groups in total. The van der Waals surface area contributed by atoms with Crippen molar-refractivity contribution in [2.75, 3.05) is 11.9 Å². The van der Waals surface area contributed by atoms with Gasteiger partial charge in [-0.15, -0.1) is 0 Å². The van der Waals surface area contributed by atoms with Gasteiger partial charge in [0.05, 0.1) is 4.91 Å². The standard InChI is InChI=1S/C23H18FN3O3S/c1-15-6-2-3-10-19(15)26-11-5-9-18(26)13-20-22(29)27(23(30)31-20)14-21(28)25-17-8-4-7-16(24)12-17/h2-13H,14H2,1H3,(H,25,28)/b20-13+. The first-order valence-electron chi connectivity index (χ1n) is 9.46. The highest BCUT2D eigenvalue weighted by atomic mass is 32.2. The molecular weight excluding hydrogens is 417 g/mol. The molecule has 1 saturated heterocycles. The van der Waals surface area contributed by atoms with Gasteiger partial charge in [0.25, 0.3) is 11.1 Å². The number of nitrogens with one attached hydrogen (secondary N) is 1. The van der Waals surface area contributed by atoms with Crippen molar-refractivity contribution >= 4 is 40.6 Å². The molecule has 156 valence electrons. The lowest BCUT2D eigenvalue weighted by molar-refractivity contribution is -0.127. The van der Waals surface area contributed by atoms with Crippen LogP contribution in [0.4, 0.5) is 14.9 Å². The molecule has 3 amide bonds. The van der Waals surface area contributed by atoms with Gasteiger partial charge in [0.15, 0.2) is 0 Å². The third-order valence-electron chi connectivity index (χ3n) is 4.72. The van der Waals surface area contributed by atoms with Gasteiger partial charge in [0.1, 0.15) is 12.4 Å². The summed E-state index contributed by atoms with van der Waals surface area (Å²) in [6, 6.07) is 16.9. The summed E-state index contributed by atoms with van der Waals surface area (Å²) in [5, 5.41) is 1.96. The molecule has 0 radical (unpaired) electrons. The highest BCUT2D eigenvalue weighted by Gasteiger charge is 2.36. The van der Waals surface area contributed by atoms with Crippen LogP contribution in [0.5, 0.6) is 0 Å². The van der Waals surface area contributed by atoms with E-state index in [9.17, 15) is 18.8 Å². The summed E-state index contributed by atoms with van der Waals surface area (Å²) in [5.41, 5.74) is 3.02. The van der Waals surface area contributed by atoms with E-state index >= 15 is 0 Å². The normalized spacial score (nSPS) is 15.0. The molecule has 3 aromatic rings. The number of nitrogens with zero attached hydrogens (tertiary/aromatic N) is 2. The fourth-order valence-electron chi connectivity index (χ4n) is 3.25. The Morgan fingerprint density at radius 1 is 1.10 bits per heavy atom. The molecule has 6 nitrogen and oxygen atoms in total. The minimum Gasteiger partial charge on any atom is -0.324 e. The predicted octanol–water partition coefficient (Wildman–Crippen LogP) is 4.60. The Morgan fingerprint density at radius 2 is 1.90 bits per heavy atom. The van der Waals surface area contributed by atoms with E-state index in [1.165, 1.54) is 18.2 Å². The first kappa shape index (κ1) is 20.6. The number of halogens is 1. The molecule has 0 unspecified atom stereocenters. The monoisotopic (exact) mass is 435 g/mol. The molecule has 8 heteroatoms. The maximum atomic E-state index is 13.3. The van der Waals surface area contributed by atoms with Crippen molar-refractivity contribution in [2.45, 2.75) is 6.92 Å². The van der Waals surface area contributed by atoms with Crippen LogP contribution in [0.15, 0.2) is 71.8 Å². The van der Waals surface area contributed by atoms with Crippen molar-refractivity contribution in [1.82, 2.24) is 9.47 Å². The second-order valence-corrected chi connectivity index (χ2v) is 7.91. The topological polar surface area (TPSA) is 71.4 Å². The third-order valence-corrected chi connectivity index (χ3v) is 5.63. The highest BCUT2D eigenvalue weighted by Crippen LogP contribution is 2.32. The smallest absolute Gasteiger partial charge is 0.294 e. The number of thioether (sulfide) groups is 1. The van der Waals surface area contributed by atoms with Gasteiger partial charge in [-0.25, -0.2) is 4.39 Å². The SMILES string of the molecule is Cc1ccccc1-n1cccc1/C=C1/SC(=O)N(CC(=O)Nc2cccc(F)c2)C1=O. The largest absolute Gasteiger partial charge is 0.324 e. The van der Waals surface area contributed by atoms with E-state index in [4.69, 9.17) is 0 Å². The van der Waals surface area contributed by atoms with Crippen molar-refractivity contribution < 1.29 is 18.8 Å². The molecule has 1 aliphatic rings. The minimum atomic E-state index is -0.586. The van der Waals surface area contributed by atoms with Crippen LogP contribution in [-0.4, -0.2) is 33.1 Å². The summed E-state index contributed by atoms with van der Waals surface area (Å²) in [5.74, 6) is -1.62. The van der Waals surface area contributed by atoms with E-state index in [0.717, 1.165) is 39.7 Å². The molecule has 0 atom stereocenters. The van der Waals surface area contributed by atoms with E-state index in [0.29, 0.717) is 0 Å². The second kappa shape index (κ2) is 8.61. The zero-order chi connectivity index (χ0) is 22.0. The quantitative estimate of drug-likeness (QED) is 0.595. The zero-order valence-corrected chi connectivity index (χ0v) is 17.4. The van der Waals surface area contributed by atoms with Crippen LogP contribution in [0.1, 0.15) is 11.3 Å². The van der Waals surface area contributed by atoms with Gasteiger partial charge < -0.3 is 9.88 Å². The second-order valence-electron chi connectivity index (χ2n) is 6.92. The van der Waals surface area contributed by atoms with Gasteiger partial charge >= 0.3 is 0 Å². The maximum Gasteiger partial charge on any atom is 0.294 e. The van der Waals surface area contributed by atoms with Gasteiger partial charge in [-0.3, -0.25) is 19.3 Å². The summed E-state index contributed by atoms with van der Waals surface area (Å²) in [6.07, 6.45) is 3.52. The molecule has 1 aromatic heterocycles. The number of aryl methyl sites for hydroxylation is 1. The molecule has 0 saturated carbocycles. The van der Waals surface area contributed by atoms with Crippen LogP contribution in [0.3, 0.4) is 0 Å². The van der Waals surface area contributed by atoms with Crippen LogP contribution in [-0.2, 0) is 9.59 Å². The van der Waals surface area contributed by atoms with Crippen LogP contribution >= 0.6 is 11.8 Å². The van der Waals surface area contributed by atoms with Gasteiger partial charge in [0.2, 0.25) is 5.91 Å². The molecule has 2 aromatic carbocycles. The fourth-order valence-corrected chi connectivity index (χ4v) is 4.07. The molecule has 2 heterocycles. The van der Waals surface area contributed by atoms with E-state index in [-0.39, 0.29) is 10.6 Å². The lowest BCUT2D eigenvalue weighted by Crippen LogP contribution is -2.36. The first-order valence-corrected chi connectivity index (χ1v) is 10.3. The van der Waals surface area contributed by atoms with Crippen molar-refractivity contribution in [3.63, 3.8) is 0 Å². The molecule has 4 rings (SSSR count). The molecule has 31 heavy (non-hydrogen) atoms. The predicted molar refractivity (Wildman–Crippen MR) is 118 cm³/mol. The molecule has 1 aliphatic heterocycles. The van der Waals surface area contributed by atoms with E-state index in [2.05, 4.69) is 5.32 Å². The number of anilines is 1. The number of rotatable bonds is 5. The first-order chi connectivity index (χ1) is 14.9. The Balaban J connectivity index is 1.51. The molecule has 0 bridgehead atoms. The highest BCUT2D eigenvalue weighted by molar-refractivity contribution is 8.18. The number of carbonyl (C=O) groups is 3. The lowest BCUT2D eigenvalue weighted by Gasteiger charge is -2.12. The van der Waals surface area contributed by atoms with Crippen LogP contribution in [0.2, 0.25) is 0 Å². The van der Waals surface area contributed by atoms with Gasteiger partial charge in [0, 0.05) is 23.3 Å². The number of imide groups is 1. The van der Waals surface area contributed by atoms with Crippen LogP contribution in [0.25, 0.3) is 11.8 Å². The number of carbonyl (C=O) groups excluding carboxylic acids is 3. The summed E-state index contributed by atoms with van der Waals surface area (Å²) < 4.78 is 15.2. The Bertz CT molecular complexity index is 1220. The number of benzene rings is 2. The average molecular weight is 435 g/mol. The molecular formula is C23H18FN3O3S. The lowest BCUT2D eigenvalue weighted by atomic mass is 10.2. The Hall–Kier alpha value is -3.65. The van der Waals surface area contributed by atoms with Gasteiger partial charge in [-0.2, -0.15) is 0 Å². The average Bonchev–Trinajstić information content (AvgIpc) is 3.28. The van der Waals surface area contributed by atoms with Gasteiger partial charge in [-0.05, 0) is 66.7 Å². The van der Waals surface area contributed by atoms with E-state index in [1.54, 1.807) is 6.08 Å². The zero-order valence-electron chi connectivity index (χ0n) is 16.5. The number of hydrogen-bond acceptors (Lipinski definition) is 4. The Labute approximate surface area is 182 Å². The number of hydrogen-bond donors (Lipinski definition) is 1. The van der Waals surface area contributed by atoms with Crippen molar-refractivity contribution in [3.05, 3.63) is 88.8 Å². The number of para-hydroxylation sites is 1. The molecule has 0 spiro atoms. The third kappa shape index (κ3) is 4.44. The van der Waals surface area contributed by atoms with E-state index in [1.807, 2.05) is 54.1 Å². The van der Waals surface area contributed by atoms with Crippen molar-refractivity contribution in [2.24, 2.45) is 0 Å². The number of amides is 3. The van der Waals surface area contributed by atoms with E-state index < -0.39 is 29.4 Å². The number of aromatic nitrogens is 1. The Morgan fingerprint density at radius 3 is 2.68 bits per heavy atom. The van der Waals surface area contributed by atoms with Crippen molar-refractivity contribution in [3.8, 4) is 5.69 Å². The molecule has 0 aliphatic carbocycles.